The Kier molecular flexibility index (Phi) is 7.24. The number of fused-ring (bicyclic) bond motifs is 2. The van der Waals surface area contributed by atoms with Crippen LogP contribution < -0.4 is 10.1 Å². The minimum Gasteiger partial charge on any atom is -0.497 e. The Bertz CT molecular complexity index is 1480. The van der Waals surface area contributed by atoms with Gasteiger partial charge in [-0.05, 0) is 61.4 Å². The number of benzene rings is 2. The zero-order chi connectivity index (χ0) is 25.9. The monoisotopic (exact) mass is 514 g/mol. The maximum absolute atomic E-state index is 13.8. The minimum atomic E-state index is -0.360. The molecule has 2 aromatic heterocycles. The normalized spacial score (nSPS) is 14.7. The Morgan fingerprint density at radius 2 is 1.97 bits per heavy atom. The molecule has 0 radical (unpaired) electrons. The number of ether oxygens (including phenoxy) is 2. The molecule has 1 aliphatic carbocycles. The Morgan fingerprint density at radius 3 is 2.78 bits per heavy atom. The number of pyridine rings is 1. The number of amides is 1. The topological polar surface area (TPSA) is 77.5 Å². The van der Waals surface area contributed by atoms with Crippen molar-refractivity contribution in [1.82, 2.24) is 4.98 Å². The van der Waals surface area contributed by atoms with Crippen LogP contribution in [0.2, 0.25) is 0 Å². The molecule has 0 aliphatic heterocycles. The van der Waals surface area contributed by atoms with Crippen LogP contribution in [0.3, 0.4) is 0 Å². The fourth-order valence-electron chi connectivity index (χ4n) is 4.79. The van der Waals surface area contributed by atoms with Crippen molar-refractivity contribution in [3.63, 3.8) is 0 Å². The first-order chi connectivity index (χ1) is 18.0. The van der Waals surface area contributed by atoms with Crippen molar-refractivity contribution in [1.29, 1.82) is 0 Å². The number of aromatic nitrogens is 1. The van der Waals surface area contributed by atoms with Gasteiger partial charge in [0.1, 0.15) is 10.8 Å². The van der Waals surface area contributed by atoms with Gasteiger partial charge in [-0.1, -0.05) is 44.2 Å². The first kappa shape index (κ1) is 25.0. The molecule has 0 spiro atoms. The van der Waals surface area contributed by atoms with Crippen molar-refractivity contribution in [2.24, 2.45) is 5.92 Å². The molecule has 37 heavy (non-hydrogen) atoms. The molecule has 0 saturated heterocycles. The summed E-state index contributed by atoms with van der Waals surface area (Å²) in [5.74, 6) is 0.621. The van der Waals surface area contributed by atoms with Crippen LogP contribution >= 0.6 is 11.3 Å². The van der Waals surface area contributed by atoms with Gasteiger partial charge in [0.25, 0.3) is 5.91 Å². The van der Waals surface area contributed by atoms with E-state index in [-0.39, 0.29) is 11.9 Å². The van der Waals surface area contributed by atoms with E-state index in [1.807, 2.05) is 55.5 Å². The Labute approximate surface area is 220 Å². The summed E-state index contributed by atoms with van der Waals surface area (Å²) in [6.45, 7) is 4.54. The molecule has 0 fully saturated rings. The summed E-state index contributed by atoms with van der Waals surface area (Å²) in [6, 6.07) is 17.0. The van der Waals surface area contributed by atoms with Gasteiger partial charge in [-0.3, -0.25) is 4.79 Å². The standard InChI is InChI=1S/C30H30N2O4S/c1-4-14-36-30(34)27-22-13-12-18(2)15-26(22)37-29(27)32-28(33)23-17-25(19-8-7-9-20(16-19)35-3)31-24-11-6-5-10-21(23)24/h5-11,16-18H,4,12-15H2,1-3H3,(H,32,33)/t18-/m1/s1. The van der Waals surface area contributed by atoms with Gasteiger partial charge in [0.2, 0.25) is 0 Å². The van der Waals surface area contributed by atoms with Crippen LogP contribution in [0.15, 0.2) is 54.6 Å². The predicted octanol–water partition coefficient (Wildman–Crippen LogP) is 6.92. The molecule has 1 amide bonds. The second kappa shape index (κ2) is 10.7. The number of hydrogen-bond donors (Lipinski definition) is 1. The van der Waals surface area contributed by atoms with Crippen molar-refractivity contribution in [2.45, 2.75) is 39.5 Å². The van der Waals surface area contributed by atoms with Crippen molar-refractivity contribution < 1.29 is 19.1 Å². The summed E-state index contributed by atoms with van der Waals surface area (Å²) in [5, 5.41) is 4.39. The summed E-state index contributed by atoms with van der Waals surface area (Å²) >= 11 is 1.50. The highest BCUT2D eigenvalue weighted by atomic mass is 32.1. The molecule has 5 rings (SSSR count). The SMILES string of the molecule is CCCOC(=O)c1c(NC(=O)c2cc(-c3cccc(OC)c3)nc3ccccc23)sc2c1CC[C@@H](C)C2. The molecule has 2 heterocycles. The highest BCUT2D eigenvalue weighted by Crippen LogP contribution is 2.40. The van der Waals surface area contributed by atoms with E-state index in [0.717, 1.165) is 52.6 Å². The number of hydrogen-bond acceptors (Lipinski definition) is 6. The highest BCUT2D eigenvalue weighted by molar-refractivity contribution is 7.17. The van der Waals surface area contributed by atoms with Crippen LogP contribution in [0.4, 0.5) is 5.00 Å². The number of rotatable bonds is 7. The fourth-order valence-corrected chi connectivity index (χ4v) is 6.18. The van der Waals surface area contributed by atoms with Crippen molar-refractivity contribution in [2.75, 3.05) is 19.0 Å². The van der Waals surface area contributed by atoms with E-state index >= 15 is 0 Å². The lowest BCUT2D eigenvalue weighted by molar-refractivity contribution is 0.0505. The van der Waals surface area contributed by atoms with Crippen LogP contribution in [-0.4, -0.2) is 30.6 Å². The molecule has 6 nitrogen and oxygen atoms in total. The lowest BCUT2D eigenvalue weighted by Gasteiger charge is -2.18. The maximum atomic E-state index is 13.8. The Hall–Kier alpha value is -3.71. The van der Waals surface area contributed by atoms with Gasteiger partial charge in [0.15, 0.2) is 0 Å². The molecule has 1 N–H and O–H groups in total. The van der Waals surface area contributed by atoms with Crippen LogP contribution in [-0.2, 0) is 17.6 Å². The minimum absolute atomic E-state index is 0.279. The molecule has 7 heteroatoms. The lowest BCUT2D eigenvalue weighted by Crippen LogP contribution is -2.17. The molecule has 1 atom stereocenters. The molecular weight excluding hydrogens is 484 g/mol. The van der Waals surface area contributed by atoms with Crippen LogP contribution in [0.25, 0.3) is 22.2 Å². The first-order valence-electron chi connectivity index (χ1n) is 12.7. The zero-order valence-electron chi connectivity index (χ0n) is 21.3. The number of esters is 1. The number of nitrogens with zero attached hydrogens (tertiary/aromatic N) is 1. The smallest absolute Gasteiger partial charge is 0.341 e. The van der Waals surface area contributed by atoms with Gasteiger partial charge in [-0.15, -0.1) is 11.3 Å². The third kappa shape index (κ3) is 5.09. The van der Waals surface area contributed by atoms with E-state index in [4.69, 9.17) is 14.5 Å². The van der Waals surface area contributed by atoms with Gasteiger partial charge in [0.05, 0.1) is 36.1 Å². The third-order valence-electron chi connectivity index (χ3n) is 6.71. The van der Waals surface area contributed by atoms with Crippen LogP contribution in [0.1, 0.15) is 57.8 Å². The molecule has 0 unspecified atom stereocenters. The number of anilines is 1. The molecule has 0 saturated carbocycles. The van der Waals surface area contributed by atoms with E-state index in [2.05, 4.69) is 12.2 Å². The molecule has 190 valence electrons. The Morgan fingerprint density at radius 1 is 1.14 bits per heavy atom. The molecule has 2 aromatic carbocycles. The number of carbonyl (C=O) groups is 2. The zero-order valence-corrected chi connectivity index (χ0v) is 22.1. The fraction of sp³-hybridized carbons (Fsp3) is 0.300. The van der Waals surface area contributed by atoms with Crippen LogP contribution in [0, 0.1) is 5.92 Å². The summed E-state index contributed by atoms with van der Waals surface area (Å²) in [6.07, 6.45) is 3.48. The second-order valence-corrected chi connectivity index (χ2v) is 10.6. The number of carbonyl (C=O) groups excluding carboxylic acids is 2. The van der Waals surface area contributed by atoms with Gasteiger partial charge in [-0.25, -0.2) is 9.78 Å². The van der Waals surface area contributed by atoms with Crippen molar-refractivity contribution in [3.8, 4) is 17.0 Å². The average Bonchev–Trinajstić information content (AvgIpc) is 3.27. The van der Waals surface area contributed by atoms with Crippen molar-refractivity contribution in [3.05, 3.63) is 76.2 Å². The summed E-state index contributed by atoms with van der Waals surface area (Å²) in [4.78, 5) is 32.8. The van der Waals surface area contributed by atoms with Crippen LogP contribution in [0.5, 0.6) is 5.75 Å². The largest absolute Gasteiger partial charge is 0.497 e. The van der Waals surface area contributed by atoms with Gasteiger partial charge < -0.3 is 14.8 Å². The number of thiophene rings is 1. The molecule has 1 aliphatic rings. The van der Waals surface area contributed by atoms with Gasteiger partial charge in [-0.2, -0.15) is 0 Å². The number of methoxy groups -OCH3 is 1. The quantitative estimate of drug-likeness (QED) is 0.271. The highest BCUT2D eigenvalue weighted by Gasteiger charge is 2.29. The number of nitrogens with one attached hydrogen (secondary N) is 1. The average molecular weight is 515 g/mol. The first-order valence-corrected chi connectivity index (χ1v) is 13.5. The Balaban J connectivity index is 1.56. The lowest BCUT2D eigenvalue weighted by atomic mass is 9.88. The maximum Gasteiger partial charge on any atom is 0.341 e. The second-order valence-electron chi connectivity index (χ2n) is 9.45. The van der Waals surface area contributed by atoms with Gasteiger partial charge >= 0.3 is 5.97 Å². The third-order valence-corrected chi connectivity index (χ3v) is 7.88. The molecular formula is C30H30N2O4S. The summed E-state index contributed by atoms with van der Waals surface area (Å²) in [7, 11) is 1.62. The van der Waals surface area contributed by atoms with E-state index in [1.54, 1.807) is 13.2 Å². The van der Waals surface area contributed by atoms with E-state index < -0.39 is 0 Å². The van der Waals surface area contributed by atoms with E-state index in [9.17, 15) is 9.59 Å². The predicted molar refractivity (Wildman–Crippen MR) is 148 cm³/mol. The molecule has 4 aromatic rings. The van der Waals surface area contributed by atoms with E-state index in [0.29, 0.717) is 40.1 Å². The van der Waals surface area contributed by atoms with Crippen molar-refractivity contribution >= 4 is 39.1 Å². The summed E-state index contributed by atoms with van der Waals surface area (Å²) in [5.41, 5.74) is 4.27. The number of para-hydroxylation sites is 1. The van der Waals surface area contributed by atoms with E-state index in [1.165, 1.54) is 11.3 Å². The van der Waals surface area contributed by atoms with Gasteiger partial charge in [0, 0.05) is 15.8 Å². The molecule has 0 bridgehead atoms. The summed E-state index contributed by atoms with van der Waals surface area (Å²) < 4.78 is 10.9.